The first-order valence-corrected chi connectivity index (χ1v) is 8.36. The molecule has 1 saturated heterocycles. The molecule has 1 aromatic rings. The van der Waals surface area contributed by atoms with Crippen molar-refractivity contribution in [2.24, 2.45) is 5.92 Å². The fourth-order valence-electron chi connectivity index (χ4n) is 2.22. The molecule has 1 aromatic heterocycles. The van der Waals surface area contributed by atoms with E-state index in [9.17, 15) is 4.79 Å². The molecule has 6 heteroatoms. The van der Waals surface area contributed by atoms with Gasteiger partial charge in [0.25, 0.3) is 5.91 Å². The van der Waals surface area contributed by atoms with Gasteiger partial charge in [0, 0.05) is 17.9 Å². The lowest BCUT2D eigenvalue weighted by Crippen LogP contribution is -2.39. The number of hydrogen-bond donors (Lipinski definition) is 0. The van der Waals surface area contributed by atoms with E-state index in [1.165, 1.54) is 11.3 Å². The van der Waals surface area contributed by atoms with E-state index in [2.05, 4.69) is 22.9 Å². The number of amides is 1. The average Bonchev–Trinajstić information content (AvgIpc) is 2.67. The fraction of sp³-hybridized carbons (Fsp3) is 0.583. The number of carbonyl (C=O) groups is 1. The van der Waals surface area contributed by atoms with Crippen LogP contribution in [-0.2, 0) is 0 Å². The van der Waals surface area contributed by atoms with Crippen molar-refractivity contribution >= 4 is 56.4 Å². The standard InChI is InChI=1S/C12H14BrCl2NOS/c1-7(13)8-2-4-16(5-3-8)12(17)9-6-10(14)18-11(9)15/h6-8H,2-5H2,1H3. The SMILES string of the molecule is CC(Br)C1CCN(C(=O)c2cc(Cl)sc2Cl)CC1. The molecule has 1 amide bonds. The molecule has 18 heavy (non-hydrogen) atoms. The zero-order valence-electron chi connectivity index (χ0n) is 9.96. The van der Waals surface area contributed by atoms with Gasteiger partial charge in [0.1, 0.15) is 4.34 Å². The summed E-state index contributed by atoms with van der Waals surface area (Å²) in [5, 5.41) is 0. The van der Waals surface area contributed by atoms with Crippen molar-refractivity contribution < 1.29 is 4.79 Å². The van der Waals surface area contributed by atoms with Crippen LogP contribution in [0.4, 0.5) is 0 Å². The maximum atomic E-state index is 12.3. The van der Waals surface area contributed by atoms with Crippen LogP contribution in [0.25, 0.3) is 0 Å². The molecule has 0 saturated carbocycles. The van der Waals surface area contributed by atoms with Crippen LogP contribution in [0.2, 0.25) is 8.67 Å². The number of halogens is 3. The van der Waals surface area contributed by atoms with Crippen molar-refractivity contribution in [2.45, 2.75) is 24.6 Å². The van der Waals surface area contributed by atoms with Gasteiger partial charge in [-0.05, 0) is 24.8 Å². The second-order valence-corrected chi connectivity index (χ2v) is 8.27. The number of alkyl halides is 1. The monoisotopic (exact) mass is 369 g/mol. The lowest BCUT2D eigenvalue weighted by molar-refractivity contribution is 0.0692. The normalized spacial score (nSPS) is 19.0. The highest BCUT2D eigenvalue weighted by atomic mass is 79.9. The van der Waals surface area contributed by atoms with Crippen LogP contribution in [-0.4, -0.2) is 28.7 Å². The molecule has 2 heterocycles. The maximum Gasteiger partial charge on any atom is 0.256 e. The van der Waals surface area contributed by atoms with E-state index in [0.29, 0.717) is 25.0 Å². The van der Waals surface area contributed by atoms with Gasteiger partial charge in [-0.25, -0.2) is 0 Å². The number of likely N-dealkylation sites (tertiary alicyclic amines) is 1. The molecule has 1 aliphatic heterocycles. The molecule has 0 aromatic carbocycles. The minimum absolute atomic E-state index is 0.00354. The van der Waals surface area contributed by atoms with Crippen molar-refractivity contribution in [3.8, 4) is 0 Å². The number of thiophene rings is 1. The van der Waals surface area contributed by atoms with Crippen molar-refractivity contribution in [3.63, 3.8) is 0 Å². The van der Waals surface area contributed by atoms with Gasteiger partial charge in [-0.2, -0.15) is 0 Å². The van der Waals surface area contributed by atoms with Gasteiger partial charge in [-0.3, -0.25) is 4.79 Å². The van der Waals surface area contributed by atoms with Crippen LogP contribution < -0.4 is 0 Å². The van der Waals surface area contributed by atoms with Gasteiger partial charge < -0.3 is 4.90 Å². The van der Waals surface area contributed by atoms with Gasteiger partial charge in [0.15, 0.2) is 0 Å². The Bertz CT molecular complexity index is 441. The predicted octanol–water partition coefficient (Wildman–Crippen LogP) is 4.69. The van der Waals surface area contributed by atoms with Gasteiger partial charge in [0.05, 0.1) is 9.90 Å². The highest BCUT2D eigenvalue weighted by Gasteiger charge is 2.27. The molecule has 0 bridgehead atoms. The third kappa shape index (κ3) is 3.21. The molecule has 1 unspecified atom stereocenters. The highest BCUT2D eigenvalue weighted by molar-refractivity contribution is 9.09. The second kappa shape index (κ2) is 6.12. The Morgan fingerprint density at radius 3 is 2.56 bits per heavy atom. The number of nitrogens with zero attached hydrogens (tertiary/aromatic N) is 1. The molecule has 0 aliphatic carbocycles. The average molecular weight is 371 g/mol. The molecule has 1 atom stereocenters. The van der Waals surface area contributed by atoms with E-state index >= 15 is 0 Å². The Labute approximate surface area is 129 Å². The second-order valence-electron chi connectivity index (χ2n) is 4.55. The number of rotatable bonds is 2. The maximum absolute atomic E-state index is 12.3. The Morgan fingerprint density at radius 1 is 1.50 bits per heavy atom. The lowest BCUT2D eigenvalue weighted by atomic mass is 9.94. The molecule has 0 radical (unpaired) electrons. The molecule has 1 aliphatic rings. The summed E-state index contributed by atoms with van der Waals surface area (Å²) >= 11 is 16.7. The van der Waals surface area contributed by atoms with E-state index in [1.807, 2.05) is 4.90 Å². The summed E-state index contributed by atoms with van der Waals surface area (Å²) < 4.78 is 1.05. The van der Waals surface area contributed by atoms with Crippen LogP contribution in [0.15, 0.2) is 6.07 Å². The predicted molar refractivity (Wildman–Crippen MR) is 81.4 cm³/mol. The first kappa shape index (κ1) is 14.6. The zero-order chi connectivity index (χ0) is 13.3. The highest BCUT2D eigenvalue weighted by Crippen LogP contribution is 2.33. The molecule has 2 nitrogen and oxygen atoms in total. The molecular formula is C12H14BrCl2NOS. The minimum atomic E-state index is 0.00354. The van der Waals surface area contributed by atoms with Gasteiger partial charge >= 0.3 is 0 Å². The molecule has 100 valence electrons. The number of carbonyl (C=O) groups excluding carboxylic acids is 1. The van der Waals surface area contributed by atoms with E-state index < -0.39 is 0 Å². The summed E-state index contributed by atoms with van der Waals surface area (Å²) in [5.74, 6) is 0.652. The third-order valence-corrected chi connectivity index (χ3v) is 5.60. The zero-order valence-corrected chi connectivity index (χ0v) is 13.9. The Balaban J connectivity index is 2.02. The van der Waals surface area contributed by atoms with Crippen molar-refractivity contribution in [3.05, 3.63) is 20.3 Å². The molecule has 0 N–H and O–H groups in total. The summed E-state index contributed by atoms with van der Waals surface area (Å²) in [6, 6.07) is 1.66. The van der Waals surface area contributed by atoms with Crippen LogP contribution in [0, 0.1) is 5.92 Å². The van der Waals surface area contributed by atoms with Crippen LogP contribution in [0.3, 0.4) is 0 Å². The Hall–Kier alpha value is 0.230. The van der Waals surface area contributed by atoms with Gasteiger partial charge in [-0.1, -0.05) is 46.1 Å². The summed E-state index contributed by atoms with van der Waals surface area (Å²) in [7, 11) is 0. The molecule has 1 fully saturated rings. The minimum Gasteiger partial charge on any atom is -0.339 e. The van der Waals surface area contributed by atoms with E-state index in [0.717, 1.165) is 25.9 Å². The smallest absolute Gasteiger partial charge is 0.256 e. The van der Waals surface area contributed by atoms with Crippen LogP contribution in [0.1, 0.15) is 30.1 Å². The molecule has 0 spiro atoms. The van der Waals surface area contributed by atoms with Crippen molar-refractivity contribution in [1.29, 1.82) is 0 Å². The summed E-state index contributed by atoms with van der Waals surface area (Å²) in [4.78, 5) is 14.7. The summed E-state index contributed by atoms with van der Waals surface area (Å²) in [6.07, 6.45) is 2.07. The van der Waals surface area contributed by atoms with Crippen LogP contribution >= 0.6 is 50.5 Å². The first-order chi connectivity index (χ1) is 8.49. The first-order valence-electron chi connectivity index (χ1n) is 5.87. The third-order valence-electron chi connectivity index (χ3n) is 3.36. The topological polar surface area (TPSA) is 20.3 Å². The quantitative estimate of drug-likeness (QED) is 0.691. The molecule has 2 rings (SSSR count). The van der Waals surface area contributed by atoms with E-state index in [1.54, 1.807) is 6.07 Å². The number of hydrogen-bond acceptors (Lipinski definition) is 2. The van der Waals surface area contributed by atoms with Crippen LogP contribution in [0.5, 0.6) is 0 Å². The molecular weight excluding hydrogens is 357 g/mol. The Kier molecular flexibility index (Phi) is 4.98. The van der Waals surface area contributed by atoms with Gasteiger partial charge in [0.2, 0.25) is 0 Å². The Morgan fingerprint density at radius 2 is 2.11 bits per heavy atom. The van der Waals surface area contributed by atoms with E-state index in [-0.39, 0.29) is 5.91 Å². The summed E-state index contributed by atoms with van der Waals surface area (Å²) in [5.41, 5.74) is 0.539. The van der Waals surface area contributed by atoms with Crippen molar-refractivity contribution in [1.82, 2.24) is 4.90 Å². The summed E-state index contributed by atoms with van der Waals surface area (Å²) in [6.45, 7) is 3.75. The fourth-order valence-corrected chi connectivity index (χ4v) is 4.19. The van der Waals surface area contributed by atoms with Crippen molar-refractivity contribution in [2.75, 3.05) is 13.1 Å². The number of piperidine rings is 1. The largest absolute Gasteiger partial charge is 0.339 e. The van der Waals surface area contributed by atoms with Gasteiger partial charge in [-0.15, -0.1) is 11.3 Å². The van der Waals surface area contributed by atoms with E-state index in [4.69, 9.17) is 23.2 Å². The lowest BCUT2D eigenvalue weighted by Gasteiger charge is -2.33.